The molecule has 0 aliphatic heterocycles. The first-order valence-electron chi connectivity index (χ1n) is 5.65. The molecule has 1 aromatic carbocycles. The van der Waals surface area contributed by atoms with Gasteiger partial charge in [-0.1, -0.05) is 24.3 Å². The van der Waals surface area contributed by atoms with E-state index in [9.17, 15) is 4.79 Å². The van der Waals surface area contributed by atoms with E-state index in [1.54, 1.807) is 12.3 Å². The van der Waals surface area contributed by atoms with Crippen molar-refractivity contribution in [2.24, 2.45) is 5.73 Å². The van der Waals surface area contributed by atoms with E-state index >= 15 is 0 Å². The van der Waals surface area contributed by atoms with Crippen molar-refractivity contribution in [2.45, 2.75) is 13.0 Å². The Bertz CT molecular complexity index is 550. The molecule has 2 rings (SSSR count). The molecule has 0 spiro atoms. The molecule has 0 fully saturated rings. The van der Waals surface area contributed by atoms with E-state index in [4.69, 9.17) is 10.8 Å². The van der Waals surface area contributed by atoms with Crippen LogP contribution in [0.4, 0.5) is 0 Å². The molecule has 1 heterocycles. The zero-order valence-electron chi connectivity index (χ0n) is 9.84. The van der Waals surface area contributed by atoms with E-state index in [0.29, 0.717) is 6.54 Å². The number of nitrogens with zero attached hydrogens (tertiary/aromatic N) is 1. The lowest BCUT2D eigenvalue weighted by Gasteiger charge is -2.04. The van der Waals surface area contributed by atoms with E-state index < -0.39 is 5.97 Å². The molecule has 1 aromatic heterocycles. The Kier molecular flexibility index (Phi) is 3.69. The van der Waals surface area contributed by atoms with Crippen molar-refractivity contribution in [1.82, 2.24) is 4.98 Å². The second-order valence-electron chi connectivity index (χ2n) is 4.03. The summed E-state index contributed by atoms with van der Waals surface area (Å²) in [4.78, 5) is 15.0. The van der Waals surface area contributed by atoms with Gasteiger partial charge in [0.15, 0.2) is 0 Å². The van der Waals surface area contributed by atoms with Crippen molar-refractivity contribution < 1.29 is 9.90 Å². The van der Waals surface area contributed by atoms with Gasteiger partial charge in [0.05, 0.1) is 12.1 Å². The molecule has 18 heavy (non-hydrogen) atoms. The molecule has 0 radical (unpaired) electrons. The quantitative estimate of drug-likeness (QED) is 0.857. The van der Waals surface area contributed by atoms with E-state index in [1.165, 1.54) is 0 Å². The summed E-state index contributed by atoms with van der Waals surface area (Å²) in [6, 6.07) is 11.2. The number of rotatable bonds is 4. The summed E-state index contributed by atoms with van der Waals surface area (Å²) in [6.07, 6.45) is 1.76. The number of aliphatic carboxylic acids is 1. The lowest BCUT2D eigenvalue weighted by Crippen LogP contribution is -2.00. The molecule has 0 aliphatic carbocycles. The number of carboxylic acids is 1. The Morgan fingerprint density at radius 1 is 1.22 bits per heavy atom. The van der Waals surface area contributed by atoms with Gasteiger partial charge in [0.2, 0.25) is 0 Å². The van der Waals surface area contributed by atoms with Crippen LogP contribution in [0.15, 0.2) is 42.6 Å². The van der Waals surface area contributed by atoms with Crippen molar-refractivity contribution in [1.29, 1.82) is 0 Å². The summed E-state index contributed by atoms with van der Waals surface area (Å²) in [5.74, 6) is -0.835. The summed E-state index contributed by atoms with van der Waals surface area (Å²) >= 11 is 0. The van der Waals surface area contributed by atoms with Crippen molar-refractivity contribution in [3.63, 3.8) is 0 Å². The highest BCUT2D eigenvalue weighted by atomic mass is 16.4. The molecule has 0 amide bonds. The third kappa shape index (κ3) is 2.93. The van der Waals surface area contributed by atoms with Crippen LogP contribution in [-0.2, 0) is 17.8 Å². The molecule has 0 unspecified atom stereocenters. The molecular formula is C14H14N2O2. The largest absolute Gasteiger partial charge is 0.481 e. The van der Waals surface area contributed by atoms with Gasteiger partial charge < -0.3 is 10.8 Å². The first kappa shape index (κ1) is 12.3. The zero-order valence-corrected chi connectivity index (χ0v) is 9.84. The van der Waals surface area contributed by atoms with Crippen molar-refractivity contribution in [2.75, 3.05) is 0 Å². The minimum absolute atomic E-state index is 0.0225. The normalized spacial score (nSPS) is 10.3. The Morgan fingerprint density at radius 3 is 2.67 bits per heavy atom. The molecule has 0 bridgehead atoms. The molecule has 4 heteroatoms. The van der Waals surface area contributed by atoms with Gasteiger partial charge in [-0.15, -0.1) is 0 Å². The van der Waals surface area contributed by atoms with Gasteiger partial charge in [0.1, 0.15) is 0 Å². The Morgan fingerprint density at radius 2 is 2.06 bits per heavy atom. The van der Waals surface area contributed by atoms with Crippen LogP contribution in [0.2, 0.25) is 0 Å². The molecule has 2 aromatic rings. The molecule has 92 valence electrons. The van der Waals surface area contributed by atoms with Crippen LogP contribution in [-0.4, -0.2) is 16.1 Å². The van der Waals surface area contributed by atoms with Crippen LogP contribution in [0.5, 0.6) is 0 Å². The van der Waals surface area contributed by atoms with E-state index in [0.717, 1.165) is 22.4 Å². The molecule has 0 saturated carbocycles. The fourth-order valence-corrected chi connectivity index (χ4v) is 1.73. The second kappa shape index (κ2) is 5.42. The average molecular weight is 242 g/mol. The number of carbonyl (C=O) groups is 1. The Labute approximate surface area is 105 Å². The fourth-order valence-electron chi connectivity index (χ4n) is 1.73. The highest BCUT2D eigenvalue weighted by molar-refractivity contribution is 5.71. The summed E-state index contributed by atoms with van der Waals surface area (Å²) < 4.78 is 0. The molecule has 0 aliphatic rings. The Hall–Kier alpha value is -2.20. The van der Waals surface area contributed by atoms with Gasteiger partial charge in [-0.2, -0.15) is 0 Å². The number of nitrogens with two attached hydrogens (primary N) is 1. The fraction of sp³-hybridized carbons (Fsp3) is 0.143. The SMILES string of the molecule is NCc1ccc(-c2cccc(CC(=O)O)c2)nc1. The molecule has 0 atom stereocenters. The molecular weight excluding hydrogens is 228 g/mol. The highest BCUT2D eigenvalue weighted by Gasteiger charge is 2.04. The van der Waals surface area contributed by atoms with Crippen LogP contribution in [0.1, 0.15) is 11.1 Å². The van der Waals surface area contributed by atoms with Crippen LogP contribution in [0.3, 0.4) is 0 Å². The minimum atomic E-state index is -0.835. The summed E-state index contributed by atoms with van der Waals surface area (Å²) in [7, 11) is 0. The van der Waals surface area contributed by atoms with Crippen LogP contribution in [0.25, 0.3) is 11.3 Å². The van der Waals surface area contributed by atoms with Crippen molar-refractivity contribution in [3.05, 3.63) is 53.7 Å². The van der Waals surface area contributed by atoms with E-state index in [1.807, 2.05) is 30.3 Å². The van der Waals surface area contributed by atoms with Crippen molar-refractivity contribution >= 4 is 5.97 Å². The molecule has 3 N–H and O–H groups in total. The maximum Gasteiger partial charge on any atom is 0.307 e. The zero-order chi connectivity index (χ0) is 13.0. The predicted octanol–water partition coefficient (Wildman–Crippen LogP) is 1.83. The molecule has 0 saturated heterocycles. The van der Waals surface area contributed by atoms with Gasteiger partial charge in [0, 0.05) is 18.3 Å². The number of pyridine rings is 1. The monoisotopic (exact) mass is 242 g/mol. The topological polar surface area (TPSA) is 76.2 Å². The first-order valence-corrected chi connectivity index (χ1v) is 5.65. The smallest absolute Gasteiger partial charge is 0.307 e. The van der Waals surface area contributed by atoms with Gasteiger partial charge >= 0.3 is 5.97 Å². The second-order valence-corrected chi connectivity index (χ2v) is 4.03. The standard InChI is InChI=1S/C14H14N2O2/c15-8-11-4-5-13(16-9-11)12-3-1-2-10(6-12)7-14(17)18/h1-6,9H,7-8,15H2,(H,17,18). The van der Waals surface area contributed by atoms with E-state index in [-0.39, 0.29) is 6.42 Å². The van der Waals surface area contributed by atoms with Crippen LogP contribution in [0, 0.1) is 0 Å². The summed E-state index contributed by atoms with van der Waals surface area (Å²) in [5.41, 5.74) is 8.99. The Balaban J connectivity index is 2.29. The summed E-state index contributed by atoms with van der Waals surface area (Å²) in [5, 5.41) is 8.77. The average Bonchev–Trinajstić information content (AvgIpc) is 2.38. The number of aromatic nitrogens is 1. The van der Waals surface area contributed by atoms with Gasteiger partial charge in [0.25, 0.3) is 0 Å². The maximum absolute atomic E-state index is 10.7. The van der Waals surface area contributed by atoms with Gasteiger partial charge in [-0.05, 0) is 23.3 Å². The first-order chi connectivity index (χ1) is 8.69. The predicted molar refractivity (Wildman–Crippen MR) is 68.9 cm³/mol. The van der Waals surface area contributed by atoms with Crippen LogP contribution >= 0.6 is 0 Å². The number of hydrogen-bond acceptors (Lipinski definition) is 3. The summed E-state index contributed by atoms with van der Waals surface area (Å²) in [6.45, 7) is 0.465. The number of carboxylic acid groups (broad SMARTS) is 1. The maximum atomic E-state index is 10.7. The minimum Gasteiger partial charge on any atom is -0.481 e. The number of hydrogen-bond donors (Lipinski definition) is 2. The third-order valence-corrected chi connectivity index (χ3v) is 2.64. The lowest BCUT2D eigenvalue weighted by atomic mass is 10.1. The highest BCUT2D eigenvalue weighted by Crippen LogP contribution is 2.18. The number of benzene rings is 1. The lowest BCUT2D eigenvalue weighted by molar-refractivity contribution is -0.136. The molecule has 4 nitrogen and oxygen atoms in total. The van der Waals surface area contributed by atoms with Crippen LogP contribution < -0.4 is 5.73 Å². The van der Waals surface area contributed by atoms with Gasteiger partial charge in [-0.3, -0.25) is 9.78 Å². The van der Waals surface area contributed by atoms with Gasteiger partial charge in [-0.25, -0.2) is 0 Å². The third-order valence-electron chi connectivity index (χ3n) is 2.64. The van der Waals surface area contributed by atoms with E-state index in [2.05, 4.69) is 4.98 Å². The van der Waals surface area contributed by atoms with Crippen molar-refractivity contribution in [3.8, 4) is 11.3 Å².